The summed E-state index contributed by atoms with van der Waals surface area (Å²) in [7, 11) is -3.09. The van der Waals surface area contributed by atoms with Gasteiger partial charge in [0, 0.05) is 44.0 Å². The molecule has 0 unspecified atom stereocenters. The van der Waals surface area contributed by atoms with Crippen LogP contribution in [0.5, 0.6) is 5.75 Å². The summed E-state index contributed by atoms with van der Waals surface area (Å²) in [6, 6.07) is 12.4. The van der Waals surface area contributed by atoms with E-state index in [0.29, 0.717) is 56.0 Å². The number of rotatable bonds is 11. The summed E-state index contributed by atoms with van der Waals surface area (Å²) in [6.07, 6.45) is -1.99. The van der Waals surface area contributed by atoms with Crippen LogP contribution < -0.4 is 14.4 Å². The fourth-order valence-corrected chi connectivity index (χ4v) is 5.95. The molecule has 2 aromatic carbocycles. The van der Waals surface area contributed by atoms with Gasteiger partial charge in [-0.2, -0.15) is 13.2 Å². The van der Waals surface area contributed by atoms with Crippen LogP contribution in [0.25, 0.3) is 11.1 Å². The first-order chi connectivity index (χ1) is 20.4. The molecule has 3 aromatic rings. The summed E-state index contributed by atoms with van der Waals surface area (Å²) in [4.78, 5) is 19.8. The molecule has 1 atom stereocenters. The van der Waals surface area contributed by atoms with Gasteiger partial charge in [-0.15, -0.1) is 0 Å². The minimum atomic E-state index is -4.70. The number of ether oxygens (including phenoxy) is 2. The van der Waals surface area contributed by atoms with Gasteiger partial charge in [-0.3, -0.25) is 14.4 Å². The Morgan fingerprint density at radius 1 is 1.09 bits per heavy atom. The van der Waals surface area contributed by atoms with Gasteiger partial charge in [-0.05, 0) is 55.3 Å². The van der Waals surface area contributed by atoms with Gasteiger partial charge in [0.15, 0.2) is 5.82 Å². The zero-order chi connectivity index (χ0) is 31.2. The topological polar surface area (TPSA) is 101 Å². The molecule has 0 saturated carbocycles. The fraction of sp³-hybridized carbons (Fsp3) is 0.400. The molecule has 0 aliphatic carbocycles. The van der Waals surface area contributed by atoms with Gasteiger partial charge in [-0.25, -0.2) is 13.4 Å². The molecule has 1 saturated heterocycles. The van der Waals surface area contributed by atoms with Crippen LogP contribution in [-0.4, -0.2) is 70.2 Å². The molecule has 0 radical (unpaired) electrons. The molecule has 0 amide bonds. The quantitative estimate of drug-likeness (QED) is 0.283. The number of carbonyl (C=O) groups is 1. The van der Waals surface area contributed by atoms with Crippen LogP contribution in [0.15, 0.2) is 65.7 Å². The highest BCUT2D eigenvalue weighted by Crippen LogP contribution is 2.35. The maximum absolute atomic E-state index is 13.5. The van der Waals surface area contributed by atoms with Gasteiger partial charge >= 0.3 is 12.1 Å². The molecule has 4 rings (SSSR count). The van der Waals surface area contributed by atoms with E-state index in [1.54, 1.807) is 12.3 Å². The van der Waals surface area contributed by atoms with Crippen molar-refractivity contribution in [1.82, 2.24) is 9.88 Å². The highest BCUT2D eigenvalue weighted by Gasteiger charge is 2.32. The van der Waals surface area contributed by atoms with Gasteiger partial charge in [-0.1, -0.05) is 25.1 Å². The van der Waals surface area contributed by atoms with Crippen molar-refractivity contribution in [1.29, 1.82) is 0 Å². The first-order valence-electron chi connectivity index (χ1n) is 13.9. The number of nitrogens with zero attached hydrogens (tertiary/aromatic N) is 3. The van der Waals surface area contributed by atoms with Crippen molar-refractivity contribution in [3.05, 3.63) is 66.4 Å². The van der Waals surface area contributed by atoms with Crippen molar-refractivity contribution in [3.63, 3.8) is 0 Å². The Morgan fingerprint density at radius 2 is 1.86 bits per heavy atom. The summed E-state index contributed by atoms with van der Waals surface area (Å²) >= 11 is 0. The fourth-order valence-electron chi connectivity index (χ4n) is 4.85. The number of esters is 1. The number of alkyl halides is 3. The Hall–Kier alpha value is -3.84. The summed E-state index contributed by atoms with van der Waals surface area (Å²) in [5, 5.41) is 0. The molecule has 13 heteroatoms. The van der Waals surface area contributed by atoms with Crippen molar-refractivity contribution in [3.8, 4) is 16.9 Å². The van der Waals surface area contributed by atoms with E-state index < -0.39 is 26.7 Å². The van der Waals surface area contributed by atoms with Crippen LogP contribution in [0.4, 0.5) is 24.7 Å². The van der Waals surface area contributed by atoms with Crippen LogP contribution in [0.2, 0.25) is 0 Å². The lowest BCUT2D eigenvalue weighted by Gasteiger charge is -2.41. The number of sulfonamides is 1. The third kappa shape index (κ3) is 8.17. The number of halogens is 3. The molecule has 1 N–H and O–H groups in total. The zero-order valence-electron chi connectivity index (χ0n) is 24.2. The van der Waals surface area contributed by atoms with Gasteiger partial charge in [0.1, 0.15) is 5.75 Å². The summed E-state index contributed by atoms with van der Waals surface area (Å²) in [6.45, 7) is 6.65. The van der Waals surface area contributed by atoms with Crippen molar-refractivity contribution >= 4 is 27.5 Å². The van der Waals surface area contributed by atoms with Gasteiger partial charge in [0.05, 0.1) is 36.3 Å². The average molecular weight is 621 g/mol. The van der Waals surface area contributed by atoms with E-state index >= 15 is 0 Å². The van der Waals surface area contributed by atoms with E-state index in [-0.39, 0.29) is 24.1 Å². The molecule has 1 fully saturated rings. The predicted octanol–water partition coefficient (Wildman–Crippen LogP) is 5.43. The maximum Gasteiger partial charge on any atom is 0.416 e. The van der Waals surface area contributed by atoms with Crippen LogP contribution in [0, 0.1) is 0 Å². The normalized spacial score (nSPS) is 16.1. The lowest BCUT2D eigenvalue weighted by molar-refractivity contribution is -0.141. The lowest BCUT2D eigenvalue weighted by atomic mass is 10.1. The molecule has 1 aromatic heterocycles. The molecular formula is C30H35F3N4O5S. The Balaban J connectivity index is 1.69. The number of hydrogen-bond acceptors (Lipinski definition) is 8. The minimum absolute atomic E-state index is 0.118. The Morgan fingerprint density at radius 3 is 2.56 bits per heavy atom. The Labute approximate surface area is 249 Å². The monoisotopic (exact) mass is 620 g/mol. The van der Waals surface area contributed by atoms with Crippen molar-refractivity contribution in [2.45, 2.75) is 43.8 Å². The average Bonchev–Trinajstić information content (AvgIpc) is 2.98. The SMILES string of the molecule is CCCOc1cccc(-c2cnc(N3CCN(CCC(=O)OC)C[C@H]3C)c(NS(=O)(=O)c3cccc(C(F)(F)F)c3)c2)c1. The van der Waals surface area contributed by atoms with E-state index in [4.69, 9.17) is 9.47 Å². The van der Waals surface area contributed by atoms with E-state index in [1.807, 2.05) is 43.0 Å². The van der Waals surface area contributed by atoms with Crippen molar-refractivity contribution < 1.29 is 35.9 Å². The van der Waals surface area contributed by atoms with Crippen molar-refractivity contribution in [2.75, 3.05) is 49.5 Å². The van der Waals surface area contributed by atoms with Gasteiger partial charge in [0.2, 0.25) is 0 Å². The molecule has 2 heterocycles. The standard InChI is InChI=1S/C30H35F3N4O5S/c1-4-15-42-25-9-5-7-22(16-25)23-17-27(35-43(39,40)26-10-6-8-24(18-26)30(31,32)33)29(34-19-23)37-14-13-36(20-21(37)2)12-11-28(38)41-3/h5-10,16-19,21,35H,4,11-15,20H2,1-3H3/t21-/m1/s1. The van der Waals surface area contributed by atoms with E-state index in [2.05, 4.69) is 14.6 Å². The molecule has 43 heavy (non-hydrogen) atoms. The second-order valence-corrected chi connectivity index (χ2v) is 12.0. The number of pyridine rings is 1. The summed E-state index contributed by atoms with van der Waals surface area (Å²) < 4.78 is 80.0. The number of aromatic nitrogens is 1. The smallest absolute Gasteiger partial charge is 0.416 e. The minimum Gasteiger partial charge on any atom is -0.494 e. The number of benzene rings is 2. The second-order valence-electron chi connectivity index (χ2n) is 10.3. The van der Waals surface area contributed by atoms with Gasteiger partial charge < -0.3 is 14.4 Å². The molecule has 232 valence electrons. The number of carbonyl (C=O) groups excluding carboxylic acids is 1. The first kappa shape index (κ1) is 32.1. The van der Waals surface area contributed by atoms with E-state index in [9.17, 15) is 26.4 Å². The number of nitrogens with one attached hydrogen (secondary N) is 1. The molecule has 1 aliphatic rings. The van der Waals surface area contributed by atoms with Crippen molar-refractivity contribution in [2.24, 2.45) is 0 Å². The Kier molecular flexibility index (Phi) is 10.2. The van der Waals surface area contributed by atoms with Crippen LogP contribution in [0.1, 0.15) is 32.3 Å². The lowest BCUT2D eigenvalue weighted by Crippen LogP contribution is -2.52. The third-order valence-corrected chi connectivity index (χ3v) is 8.43. The number of piperazine rings is 1. The number of methoxy groups -OCH3 is 1. The van der Waals surface area contributed by atoms with Crippen LogP contribution in [0.3, 0.4) is 0 Å². The van der Waals surface area contributed by atoms with E-state index in [1.165, 1.54) is 7.11 Å². The molecule has 0 spiro atoms. The highest BCUT2D eigenvalue weighted by molar-refractivity contribution is 7.92. The Bertz CT molecular complexity index is 1530. The zero-order valence-corrected chi connectivity index (χ0v) is 25.0. The van der Waals surface area contributed by atoms with Gasteiger partial charge in [0.25, 0.3) is 10.0 Å². The largest absolute Gasteiger partial charge is 0.494 e. The number of anilines is 2. The molecule has 1 aliphatic heterocycles. The van der Waals surface area contributed by atoms with E-state index in [0.717, 1.165) is 30.2 Å². The number of hydrogen-bond donors (Lipinski definition) is 1. The van der Waals surface area contributed by atoms with Crippen LogP contribution in [-0.2, 0) is 25.7 Å². The van der Waals surface area contributed by atoms with Crippen LogP contribution >= 0.6 is 0 Å². The second kappa shape index (κ2) is 13.6. The maximum atomic E-state index is 13.5. The molecule has 9 nitrogen and oxygen atoms in total. The third-order valence-electron chi connectivity index (χ3n) is 7.07. The summed E-state index contributed by atoms with van der Waals surface area (Å²) in [5.41, 5.74) is 0.386. The predicted molar refractivity (Wildman–Crippen MR) is 158 cm³/mol. The summed E-state index contributed by atoms with van der Waals surface area (Å²) in [5.74, 6) is 0.687. The first-order valence-corrected chi connectivity index (χ1v) is 15.4. The highest BCUT2D eigenvalue weighted by atomic mass is 32.2. The molecule has 0 bridgehead atoms. The molecular weight excluding hydrogens is 585 g/mol.